The lowest BCUT2D eigenvalue weighted by Crippen LogP contribution is -2.24. The van der Waals surface area contributed by atoms with Crippen molar-refractivity contribution in [1.29, 1.82) is 0 Å². The van der Waals surface area contributed by atoms with Gasteiger partial charge in [0, 0.05) is 13.6 Å². The van der Waals surface area contributed by atoms with Crippen LogP contribution in [0.1, 0.15) is 32.6 Å². The van der Waals surface area contributed by atoms with E-state index in [1.165, 1.54) is 0 Å². The van der Waals surface area contributed by atoms with Gasteiger partial charge in [-0.3, -0.25) is 4.98 Å². The van der Waals surface area contributed by atoms with E-state index in [9.17, 15) is 5.11 Å². The van der Waals surface area contributed by atoms with Gasteiger partial charge in [-0.1, -0.05) is 0 Å². The number of rotatable bonds is 6. The third-order valence-corrected chi connectivity index (χ3v) is 2.52. The normalized spacial score (nSPS) is 12.8. The molecule has 1 aromatic heterocycles. The van der Waals surface area contributed by atoms with Crippen LogP contribution in [0.3, 0.4) is 0 Å². The number of aliphatic hydroxyl groups is 1. The van der Waals surface area contributed by atoms with Crippen molar-refractivity contribution in [2.75, 3.05) is 25.1 Å². The molecule has 1 unspecified atom stereocenters. The van der Waals surface area contributed by atoms with Gasteiger partial charge >= 0.3 is 0 Å². The maximum atomic E-state index is 9.36. The van der Waals surface area contributed by atoms with E-state index in [1.54, 1.807) is 13.1 Å². The van der Waals surface area contributed by atoms with Crippen LogP contribution in [-0.4, -0.2) is 36.4 Å². The highest BCUT2D eigenvalue weighted by Gasteiger charge is 2.05. The Bertz CT molecular complexity index is 323. The highest BCUT2D eigenvalue weighted by atomic mass is 16.5. The zero-order chi connectivity index (χ0) is 12.8. The third-order valence-electron chi connectivity index (χ3n) is 2.52. The molecule has 17 heavy (non-hydrogen) atoms. The molecule has 0 amide bonds. The fourth-order valence-corrected chi connectivity index (χ4v) is 1.42. The van der Waals surface area contributed by atoms with Gasteiger partial charge in [-0.25, -0.2) is 0 Å². The summed E-state index contributed by atoms with van der Waals surface area (Å²) >= 11 is 0. The summed E-state index contributed by atoms with van der Waals surface area (Å²) in [4.78, 5) is 6.29. The van der Waals surface area contributed by atoms with Crippen molar-refractivity contribution < 1.29 is 9.84 Å². The van der Waals surface area contributed by atoms with Crippen LogP contribution in [0.15, 0.2) is 18.3 Å². The van der Waals surface area contributed by atoms with Crippen molar-refractivity contribution in [3.05, 3.63) is 24.0 Å². The number of pyridine rings is 1. The van der Waals surface area contributed by atoms with Gasteiger partial charge in [0.25, 0.3) is 0 Å². The molecule has 0 fully saturated rings. The lowest BCUT2D eigenvalue weighted by Gasteiger charge is -2.20. The van der Waals surface area contributed by atoms with Crippen LogP contribution in [0.25, 0.3) is 0 Å². The topological polar surface area (TPSA) is 45.6 Å². The first kappa shape index (κ1) is 13.9. The molecule has 1 atom stereocenters. The molecule has 96 valence electrons. The van der Waals surface area contributed by atoms with Gasteiger partial charge in [0.15, 0.2) is 0 Å². The Kier molecular flexibility index (Phi) is 5.38. The Balaban J connectivity index is 2.48. The van der Waals surface area contributed by atoms with E-state index in [0.717, 1.165) is 12.2 Å². The maximum Gasteiger partial charge on any atom is 0.0931 e. The Hall–Kier alpha value is -1.13. The van der Waals surface area contributed by atoms with Crippen LogP contribution in [0.2, 0.25) is 0 Å². The Labute approximate surface area is 103 Å². The van der Waals surface area contributed by atoms with E-state index in [4.69, 9.17) is 4.74 Å². The second kappa shape index (κ2) is 6.57. The average Bonchev–Trinajstić information content (AvgIpc) is 2.28. The van der Waals surface area contributed by atoms with Crippen LogP contribution in [-0.2, 0) is 4.74 Å². The van der Waals surface area contributed by atoms with Gasteiger partial charge in [-0.05, 0) is 32.9 Å². The molecular formula is C13H22N2O2. The highest BCUT2D eigenvalue weighted by Crippen LogP contribution is 2.14. The summed E-state index contributed by atoms with van der Waals surface area (Å²) < 4.78 is 5.49. The first-order valence-electron chi connectivity index (χ1n) is 5.97. The monoisotopic (exact) mass is 238 g/mol. The van der Waals surface area contributed by atoms with Crippen molar-refractivity contribution in [2.24, 2.45) is 0 Å². The largest absolute Gasteiger partial charge is 0.387 e. The molecule has 0 aliphatic carbocycles. The number of likely N-dealkylation sites (N-methyl/N-ethyl adjacent to an activating group) is 1. The molecular weight excluding hydrogens is 216 g/mol. The highest BCUT2D eigenvalue weighted by molar-refractivity contribution is 5.43. The molecule has 0 aliphatic heterocycles. The van der Waals surface area contributed by atoms with Crippen molar-refractivity contribution in [3.63, 3.8) is 0 Å². The molecule has 1 aromatic rings. The van der Waals surface area contributed by atoms with Gasteiger partial charge < -0.3 is 14.7 Å². The van der Waals surface area contributed by atoms with E-state index >= 15 is 0 Å². The maximum absolute atomic E-state index is 9.36. The molecule has 0 saturated heterocycles. The predicted molar refractivity (Wildman–Crippen MR) is 69.2 cm³/mol. The second-order valence-electron chi connectivity index (χ2n) is 4.46. The molecule has 0 bridgehead atoms. The first-order valence-corrected chi connectivity index (χ1v) is 5.97. The zero-order valence-electron chi connectivity index (χ0n) is 11.1. The second-order valence-corrected chi connectivity index (χ2v) is 4.46. The summed E-state index contributed by atoms with van der Waals surface area (Å²) in [5.41, 5.74) is 1.72. The SMILES string of the molecule is CC(C)OCCN(C)c1ccc(C(C)O)nc1. The summed E-state index contributed by atoms with van der Waals surface area (Å²) in [6.45, 7) is 7.29. The van der Waals surface area contributed by atoms with E-state index in [-0.39, 0.29) is 6.10 Å². The summed E-state index contributed by atoms with van der Waals surface area (Å²) in [6, 6.07) is 3.81. The number of anilines is 1. The minimum Gasteiger partial charge on any atom is -0.387 e. The molecule has 0 aliphatic rings. The predicted octanol–water partition coefficient (Wildman–Crippen LogP) is 2.00. The van der Waals surface area contributed by atoms with Gasteiger partial charge in [0.05, 0.1) is 36.4 Å². The summed E-state index contributed by atoms with van der Waals surface area (Å²) in [5, 5.41) is 9.36. The van der Waals surface area contributed by atoms with E-state index < -0.39 is 6.10 Å². The Morgan fingerprint density at radius 1 is 1.35 bits per heavy atom. The lowest BCUT2D eigenvalue weighted by atomic mass is 10.2. The van der Waals surface area contributed by atoms with Crippen molar-refractivity contribution in [3.8, 4) is 0 Å². The van der Waals surface area contributed by atoms with Crippen LogP contribution in [0.5, 0.6) is 0 Å². The third kappa shape index (κ3) is 4.71. The lowest BCUT2D eigenvalue weighted by molar-refractivity contribution is 0.0846. The average molecular weight is 238 g/mol. The molecule has 4 heteroatoms. The molecule has 1 N–H and O–H groups in total. The molecule has 0 radical (unpaired) electrons. The molecule has 1 rings (SSSR count). The van der Waals surface area contributed by atoms with Gasteiger partial charge in [-0.2, -0.15) is 0 Å². The van der Waals surface area contributed by atoms with Gasteiger partial charge in [0.1, 0.15) is 0 Å². The molecule has 0 saturated carbocycles. The quantitative estimate of drug-likeness (QED) is 0.823. The van der Waals surface area contributed by atoms with Crippen LogP contribution >= 0.6 is 0 Å². The van der Waals surface area contributed by atoms with Crippen molar-refractivity contribution in [2.45, 2.75) is 33.0 Å². The summed E-state index contributed by atoms with van der Waals surface area (Å²) in [7, 11) is 2.00. The van der Waals surface area contributed by atoms with E-state index in [0.29, 0.717) is 12.3 Å². The minimum absolute atomic E-state index is 0.263. The summed E-state index contributed by atoms with van der Waals surface area (Å²) in [5.74, 6) is 0. The first-order chi connectivity index (χ1) is 8.00. The number of aliphatic hydroxyl groups excluding tert-OH is 1. The Morgan fingerprint density at radius 2 is 2.06 bits per heavy atom. The van der Waals surface area contributed by atoms with Crippen molar-refractivity contribution in [1.82, 2.24) is 4.98 Å². The fraction of sp³-hybridized carbons (Fsp3) is 0.615. The minimum atomic E-state index is -0.515. The smallest absolute Gasteiger partial charge is 0.0931 e. The molecule has 0 spiro atoms. The molecule has 1 heterocycles. The van der Waals surface area contributed by atoms with Crippen molar-refractivity contribution >= 4 is 5.69 Å². The molecule has 4 nitrogen and oxygen atoms in total. The van der Waals surface area contributed by atoms with Gasteiger partial charge in [-0.15, -0.1) is 0 Å². The summed E-state index contributed by atoms with van der Waals surface area (Å²) in [6.07, 6.45) is 1.52. The fourth-order valence-electron chi connectivity index (χ4n) is 1.42. The number of hydrogen-bond acceptors (Lipinski definition) is 4. The number of aromatic nitrogens is 1. The molecule has 0 aromatic carbocycles. The number of ether oxygens (including phenoxy) is 1. The Morgan fingerprint density at radius 3 is 2.53 bits per heavy atom. The van der Waals surface area contributed by atoms with Crippen LogP contribution in [0.4, 0.5) is 5.69 Å². The standard InChI is InChI=1S/C13H22N2O2/c1-10(2)17-8-7-15(4)12-5-6-13(11(3)16)14-9-12/h5-6,9-11,16H,7-8H2,1-4H3. The van der Waals surface area contributed by atoms with Crippen LogP contribution in [0, 0.1) is 0 Å². The van der Waals surface area contributed by atoms with E-state index in [1.807, 2.05) is 33.0 Å². The van der Waals surface area contributed by atoms with Gasteiger partial charge in [0.2, 0.25) is 0 Å². The zero-order valence-corrected chi connectivity index (χ0v) is 11.1. The van der Waals surface area contributed by atoms with E-state index in [2.05, 4.69) is 9.88 Å². The van der Waals surface area contributed by atoms with Crippen LogP contribution < -0.4 is 4.90 Å². The number of nitrogens with zero attached hydrogens (tertiary/aromatic N) is 2. The number of hydrogen-bond donors (Lipinski definition) is 1.